The summed E-state index contributed by atoms with van der Waals surface area (Å²) in [5.74, 6) is -0.120. The van der Waals surface area contributed by atoms with E-state index in [1.54, 1.807) is 4.68 Å². The Balaban J connectivity index is 1.71. The highest BCUT2D eigenvalue weighted by molar-refractivity contribution is 5.95. The van der Waals surface area contributed by atoms with Crippen LogP contribution < -0.4 is 15.6 Å². The lowest BCUT2D eigenvalue weighted by Gasteiger charge is -2.33. The highest BCUT2D eigenvalue weighted by atomic mass is 16.2. The van der Waals surface area contributed by atoms with Gasteiger partial charge in [0.25, 0.3) is 0 Å². The molecule has 1 aliphatic heterocycles. The predicted molar refractivity (Wildman–Crippen MR) is 97.2 cm³/mol. The summed E-state index contributed by atoms with van der Waals surface area (Å²) in [6.07, 6.45) is 5.15. The molecule has 3 N–H and O–H groups in total. The van der Waals surface area contributed by atoms with Crippen molar-refractivity contribution in [2.75, 3.05) is 10.6 Å². The molecule has 2 aromatic heterocycles. The molecule has 0 saturated heterocycles. The van der Waals surface area contributed by atoms with Crippen molar-refractivity contribution < 1.29 is 9.78 Å². The van der Waals surface area contributed by atoms with Crippen molar-refractivity contribution in [1.82, 2.24) is 14.8 Å². The smallest absolute Gasteiger partial charge is 0.235 e. The number of aromatic amines is 1. The normalized spacial score (nSPS) is 18.7. The van der Waals surface area contributed by atoms with Crippen molar-refractivity contribution in [1.29, 1.82) is 0 Å². The predicted octanol–water partition coefficient (Wildman–Crippen LogP) is 2.18. The van der Waals surface area contributed by atoms with Gasteiger partial charge in [-0.25, -0.2) is 9.67 Å². The van der Waals surface area contributed by atoms with Crippen LogP contribution in [0, 0.1) is 12.8 Å². The molecule has 0 spiro atoms. The summed E-state index contributed by atoms with van der Waals surface area (Å²) in [5.41, 5.74) is 3.39. The van der Waals surface area contributed by atoms with Gasteiger partial charge in [0.15, 0.2) is 12.4 Å². The first kappa shape index (κ1) is 16.0. The van der Waals surface area contributed by atoms with Gasteiger partial charge in [-0.2, -0.15) is 10.1 Å². The molecule has 0 bridgehead atoms. The molecule has 4 rings (SSSR count). The quantitative estimate of drug-likeness (QED) is 0.760. The van der Waals surface area contributed by atoms with Gasteiger partial charge < -0.3 is 10.6 Å². The lowest BCUT2D eigenvalue weighted by molar-refractivity contribution is -0.379. The van der Waals surface area contributed by atoms with Crippen molar-refractivity contribution in [2.45, 2.75) is 13.0 Å². The van der Waals surface area contributed by atoms with Crippen molar-refractivity contribution in [3.63, 3.8) is 0 Å². The second-order valence-corrected chi connectivity index (χ2v) is 6.29. The Hall–Kier alpha value is -3.48. The molecule has 3 heterocycles. The zero-order valence-corrected chi connectivity index (χ0v) is 14.3. The number of nitrogens with one attached hydrogen (secondary N) is 3. The highest BCUT2D eigenvalue weighted by Gasteiger charge is 2.40. The SMILES string of the molecule is C=C1Nc2ncnn2C(c2ccc[nH+]c2)C1C(=O)Nc1ccc(C)cc1. The van der Waals surface area contributed by atoms with E-state index in [2.05, 4.69) is 32.3 Å². The van der Waals surface area contributed by atoms with Crippen LogP contribution in [0.2, 0.25) is 0 Å². The number of aryl methyl sites for hydroxylation is 1. The van der Waals surface area contributed by atoms with E-state index in [0.29, 0.717) is 11.6 Å². The molecule has 0 saturated carbocycles. The number of amides is 1. The fourth-order valence-corrected chi connectivity index (χ4v) is 3.18. The van der Waals surface area contributed by atoms with Crippen LogP contribution in [-0.4, -0.2) is 20.7 Å². The molecule has 2 atom stereocenters. The number of hydrogen-bond donors (Lipinski definition) is 2. The Bertz CT molecular complexity index is 948. The maximum absolute atomic E-state index is 13.1. The summed E-state index contributed by atoms with van der Waals surface area (Å²) in [6, 6.07) is 11.2. The van der Waals surface area contributed by atoms with Crippen molar-refractivity contribution in [2.24, 2.45) is 5.92 Å². The maximum atomic E-state index is 13.1. The number of benzene rings is 1. The molecule has 130 valence electrons. The average molecular weight is 347 g/mol. The van der Waals surface area contributed by atoms with Crippen molar-refractivity contribution in [3.8, 4) is 0 Å². The minimum Gasteiger partial charge on any atom is -0.328 e. The van der Waals surface area contributed by atoms with Crippen LogP contribution in [0.25, 0.3) is 0 Å². The molecule has 1 aromatic carbocycles. The van der Waals surface area contributed by atoms with Crippen LogP contribution >= 0.6 is 0 Å². The van der Waals surface area contributed by atoms with Crippen molar-refractivity contribution in [3.05, 3.63) is 78.5 Å². The molecule has 0 fully saturated rings. The van der Waals surface area contributed by atoms with Gasteiger partial charge in [-0.3, -0.25) is 4.79 Å². The van der Waals surface area contributed by atoms with Gasteiger partial charge in [-0.1, -0.05) is 24.3 Å². The van der Waals surface area contributed by atoms with Crippen LogP contribution in [0.15, 0.2) is 67.4 Å². The largest absolute Gasteiger partial charge is 0.328 e. The van der Waals surface area contributed by atoms with Crippen LogP contribution in [-0.2, 0) is 4.79 Å². The number of H-pyrrole nitrogens is 1. The van der Waals surface area contributed by atoms with Crippen LogP contribution in [0.4, 0.5) is 11.6 Å². The maximum Gasteiger partial charge on any atom is 0.235 e. The van der Waals surface area contributed by atoms with E-state index < -0.39 is 5.92 Å². The summed E-state index contributed by atoms with van der Waals surface area (Å²) in [6.45, 7) is 6.07. The number of anilines is 2. The van der Waals surface area contributed by atoms with Crippen LogP contribution in [0.1, 0.15) is 17.2 Å². The second-order valence-electron chi connectivity index (χ2n) is 6.29. The molecule has 0 radical (unpaired) electrons. The third-order valence-electron chi connectivity index (χ3n) is 4.47. The number of fused-ring (bicyclic) bond motifs is 1. The highest BCUT2D eigenvalue weighted by Crippen LogP contribution is 2.37. The molecule has 2 unspecified atom stereocenters. The van der Waals surface area contributed by atoms with Gasteiger partial charge in [0.2, 0.25) is 11.9 Å². The molecule has 26 heavy (non-hydrogen) atoms. The molecular formula is C19H19N6O+. The fourth-order valence-electron chi connectivity index (χ4n) is 3.18. The standard InChI is InChI=1S/C19H18N6O/c1-12-5-7-15(8-6-12)24-18(26)16-13(2)23-19-21-11-22-25(19)17(16)14-4-3-9-20-10-14/h3-11,16-17H,2H2,1H3,(H,24,26)(H,21,22,23)/p+1. The Morgan fingerprint density at radius 1 is 1.31 bits per heavy atom. The number of nitrogens with zero attached hydrogens (tertiary/aromatic N) is 3. The first-order chi connectivity index (χ1) is 12.6. The van der Waals surface area contributed by atoms with Gasteiger partial charge in [0.1, 0.15) is 18.3 Å². The number of carbonyl (C=O) groups excluding carboxylic acids is 1. The van der Waals surface area contributed by atoms with E-state index in [9.17, 15) is 4.79 Å². The topological polar surface area (TPSA) is 86.0 Å². The number of aromatic nitrogens is 4. The Labute approximate surface area is 150 Å². The minimum absolute atomic E-state index is 0.152. The van der Waals surface area contributed by atoms with E-state index in [1.165, 1.54) is 6.33 Å². The Morgan fingerprint density at radius 3 is 2.85 bits per heavy atom. The lowest BCUT2D eigenvalue weighted by Crippen LogP contribution is -2.39. The minimum atomic E-state index is -0.540. The molecule has 1 aliphatic rings. The first-order valence-electron chi connectivity index (χ1n) is 8.32. The molecule has 3 aromatic rings. The van der Waals surface area contributed by atoms with E-state index in [-0.39, 0.29) is 11.9 Å². The molecule has 0 aliphatic carbocycles. The number of rotatable bonds is 3. The first-order valence-corrected chi connectivity index (χ1v) is 8.32. The van der Waals surface area contributed by atoms with Crippen LogP contribution in [0.3, 0.4) is 0 Å². The Morgan fingerprint density at radius 2 is 2.12 bits per heavy atom. The fraction of sp³-hybridized carbons (Fsp3) is 0.158. The summed E-state index contributed by atoms with van der Waals surface area (Å²) < 4.78 is 1.72. The van der Waals surface area contributed by atoms with Gasteiger partial charge in [0, 0.05) is 23.0 Å². The summed E-state index contributed by atoms with van der Waals surface area (Å²) in [4.78, 5) is 20.4. The lowest BCUT2D eigenvalue weighted by atomic mass is 9.89. The van der Waals surface area contributed by atoms with E-state index in [1.807, 2.05) is 55.7 Å². The molecule has 7 nitrogen and oxygen atoms in total. The van der Waals surface area contributed by atoms with Crippen LogP contribution in [0.5, 0.6) is 0 Å². The average Bonchev–Trinajstić information content (AvgIpc) is 3.11. The zero-order chi connectivity index (χ0) is 18.1. The molecular weight excluding hydrogens is 328 g/mol. The second kappa shape index (κ2) is 6.44. The number of carbonyl (C=O) groups is 1. The summed E-state index contributed by atoms with van der Waals surface area (Å²) in [7, 11) is 0. The van der Waals surface area contributed by atoms with E-state index in [0.717, 1.165) is 16.8 Å². The van der Waals surface area contributed by atoms with Crippen molar-refractivity contribution >= 4 is 17.5 Å². The zero-order valence-electron chi connectivity index (χ0n) is 14.3. The van der Waals surface area contributed by atoms with Gasteiger partial charge in [-0.15, -0.1) is 0 Å². The van der Waals surface area contributed by atoms with Gasteiger partial charge >= 0.3 is 0 Å². The third kappa shape index (κ3) is 2.83. The number of hydrogen-bond acceptors (Lipinski definition) is 4. The van der Waals surface area contributed by atoms with Gasteiger partial charge in [-0.05, 0) is 25.1 Å². The number of pyridine rings is 1. The molecule has 1 amide bonds. The monoisotopic (exact) mass is 347 g/mol. The summed E-state index contributed by atoms with van der Waals surface area (Å²) >= 11 is 0. The summed E-state index contributed by atoms with van der Waals surface area (Å²) in [5, 5.41) is 10.4. The molecule has 7 heteroatoms. The van der Waals surface area contributed by atoms with E-state index in [4.69, 9.17) is 0 Å². The van der Waals surface area contributed by atoms with E-state index >= 15 is 0 Å². The third-order valence-corrected chi connectivity index (χ3v) is 4.47. The van der Waals surface area contributed by atoms with Gasteiger partial charge in [0.05, 0.1) is 0 Å². The Kier molecular flexibility index (Phi) is 3.96.